The van der Waals surface area contributed by atoms with E-state index in [-0.39, 0.29) is 23.3 Å². The van der Waals surface area contributed by atoms with Crippen molar-refractivity contribution in [2.45, 2.75) is 41.0 Å². The van der Waals surface area contributed by atoms with Crippen LogP contribution >= 0.6 is 0 Å². The van der Waals surface area contributed by atoms with Gasteiger partial charge in [0.25, 0.3) is 0 Å². The Labute approximate surface area is 124 Å². The molecular weight excluding hydrogens is 266 g/mol. The minimum atomic E-state index is -0.196. The summed E-state index contributed by atoms with van der Waals surface area (Å²) in [5, 5.41) is 0. The van der Waals surface area contributed by atoms with Gasteiger partial charge in [-0.1, -0.05) is 13.8 Å². The Hall–Kier alpha value is -1.97. The molecule has 0 spiro atoms. The van der Waals surface area contributed by atoms with E-state index in [0.717, 1.165) is 0 Å². The molecule has 1 aromatic heterocycles. The van der Waals surface area contributed by atoms with Crippen LogP contribution in [-0.2, 0) is 7.05 Å². The van der Waals surface area contributed by atoms with Crippen LogP contribution in [0.5, 0.6) is 0 Å². The lowest BCUT2D eigenvalue weighted by molar-refractivity contribution is 0.0947. The van der Waals surface area contributed by atoms with Crippen LogP contribution in [0.4, 0.5) is 0 Å². The summed E-state index contributed by atoms with van der Waals surface area (Å²) < 4.78 is 1.68. The van der Waals surface area contributed by atoms with E-state index in [1.165, 1.54) is 0 Å². The topological polar surface area (TPSA) is 56.1 Å². The first-order valence-corrected chi connectivity index (χ1v) is 7.17. The fourth-order valence-electron chi connectivity index (χ4n) is 2.81. The van der Waals surface area contributed by atoms with Gasteiger partial charge in [0.1, 0.15) is 5.69 Å². The first-order chi connectivity index (χ1) is 9.68. The molecule has 21 heavy (non-hydrogen) atoms. The summed E-state index contributed by atoms with van der Waals surface area (Å²) in [5.74, 6) is -0.206. The number of aromatic nitrogens is 1. The molecule has 2 rings (SSSR count). The number of hydrogen-bond donors (Lipinski definition) is 0. The molecule has 0 radical (unpaired) electrons. The molecule has 0 aliphatic heterocycles. The van der Waals surface area contributed by atoms with Gasteiger partial charge in [-0.25, -0.2) is 0 Å². The molecular formula is C17H21NO3. The average molecular weight is 287 g/mol. The zero-order valence-electron chi connectivity index (χ0n) is 13.5. The van der Waals surface area contributed by atoms with Crippen molar-refractivity contribution in [2.75, 3.05) is 0 Å². The van der Waals surface area contributed by atoms with E-state index in [4.69, 9.17) is 0 Å². The van der Waals surface area contributed by atoms with Crippen molar-refractivity contribution in [1.82, 2.24) is 4.57 Å². The van der Waals surface area contributed by atoms with Crippen molar-refractivity contribution in [3.8, 4) is 0 Å². The number of fused-ring (bicyclic) bond motifs is 1. The molecule has 0 N–H and O–H groups in total. The van der Waals surface area contributed by atoms with E-state index < -0.39 is 0 Å². The molecule has 112 valence electrons. The predicted octanol–water partition coefficient (Wildman–Crippen LogP) is 3.28. The normalized spacial score (nSPS) is 15.0. The van der Waals surface area contributed by atoms with Crippen LogP contribution in [0.15, 0.2) is 11.1 Å². The number of carbonyl (C=O) groups is 3. The number of Topliss-reactive ketones (excluding diaryl/α,β-unsaturated/α-hetero) is 3. The van der Waals surface area contributed by atoms with Gasteiger partial charge < -0.3 is 4.57 Å². The van der Waals surface area contributed by atoms with E-state index in [9.17, 15) is 14.4 Å². The summed E-state index contributed by atoms with van der Waals surface area (Å²) in [6.07, 6.45) is 0.376. The van der Waals surface area contributed by atoms with Gasteiger partial charge in [-0.15, -0.1) is 0 Å². The van der Waals surface area contributed by atoms with Crippen LogP contribution in [-0.4, -0.2) is 21.9 Å². The maximum absolute atomic E-state index is 12.6. The second-order valence-corrected chi connectivity index (χ2v) is 6.17. The maximum atomic E-state index is 12.6. The third kappa shape index (κ3) is 2.19. The average Bonchev–Trinajstić information content (AvgIpc) is 2.66. The SMILES string of the molecule is CC1=C(C)C(=O)c2c(c(C(=O)CC(C)C)c(C)n2C)C1=O. The lowest BCUT2D eigenvalue weighted by Gasteiger charge is -2.15. The van der Waals surface area contributed by atoms with Crippen molar-refractivity contribution in [1.29, 1.82) is 0 Å². The van der Waals surface area contributed by atoms with Crippen LogP contribution in [0.1, 0.15) is 71.0 Å². The molecule has 0 saturated carbocycles. The van der Waals surface area contributed by atoms with Crippen molar-refractivity contribution >= 4 is 17.3 Å². The Balaban J connectivity index is 2.73. The Morgan fingerprint density at radius 1 is 1.05 bits per heavy atom. The molecule has 0 bridgehead atoms. The minimum Gasteiger partial charge on any atom is -0.344 e. The van der Waals surface area contributed by atoms with Gasteiger partial charge in [-0.05, 0) is 26.7 Å². The van der Waals surface area contributed by atoms with E-state index >= 15 is 0 Å². The van der Waals surface area contributed by atoms with Crippen molar-refractivity contribution in [3.63, 3.8) is 0 Å². The monoisotopic (exact) mass is 287 g/mol. The fourth-order valence-corrected chi connectivity index (χ4v) is 2.81. The van der Waals surface area contributed by atoms with Crippen LogP contribution in [0.3, 0.4) is 0 Å². The van der Waals surface area contributed by atoms with E-state index in [1.807, 2.05) is 13.8 Å². The molecule has 1 heterocycles. The van der Waals surface area contributed by atoms with Crippen molar-refractivity contribution < 1.29 is 14.4 Å². The van der Waals surface area contributed by atoms with Gasteiger partial charge in [0.2, 0.25) is 5.78 Å². The summed E-state index contributed by atoms with van der Waals surface area (Å²) in [5.41, 5.74) is 2.68. The smallest absolute Gasteiger partial charge is 0.206 e. The second-order valence-electron chi connectivity index (χ2n) is 6.17. The first kappa shape index (κ1) is 15.4. The summed E-state index contributed by atoms with van der Waals surface area (Å²) in [6.45, 7) is 9.03. The number of ketones is 3. The summed E-state index contributed by atoms with van der Waals surface area (Å²) in [7, 11) is 1.74. The molecule has 0 atom stereocenters. The van der Waals surface area contributed by atoms with Gasteiger partial charge in [-0.2, -0.15) is 0 Å². The van der Waals surface area contributed by atoms with E-state index in [0.29, 0.717) is 40.1 Å². The molecule has 0 saturated heterocycles. The lowest BCUT2D eigenvalue weighted by atomic mass is 9.86. The molecule has 0 aromatic carbocycles. The number of nitrogens with zero attached hydrogens (tertiary/aromatic N) is 1. The molecule has 4 heteroatoms. The Morgan fingerprint density at radius 2 is 1.57 bits per heavy atom. The number of allylic oxidation sites excluding steroid dienone is 2. The van der Waals surface area contributed by atoms with Crippen LogP contribution in [0.25, 0.3) is 0 Å². The van der Waals surface area contributed by atoms with Crippen molar-refractivity contribution in [2.24, 2.45) is 13.0 Å². The Kier molecular flexibility index (Phi) is 3.74. The van der Waals surface area contributed by atoms with Crippen LogP contribution in [0, 0.1) is 12.8 Å². The summed E-state index contributed by atoms with van der Waals surface area (Å²) in [4.78, 5) is 37.5. The molecule has 0 unspecified atom stereocenters. The zero-order chi connectivity index (χ0) is 16.1. The minimum absolute atomic E-state index is 0.0622. The van der Waals surface area contributed by atoms with E-state index in [2.05, 4.69) is 0 Å². The quantitative estimate of drug-likeness (QED) is 0.802. The summed E-state index contributed by atoms with van der Waals surface area (Å²) >= 11 is 0. The van der Waals surface area contributed by atoms with Crippen LogP contribution in [0.2, 0.25) is 0 Å². The number of carbonyl (C=O) groups excluding carboxylic acids is 3. The van der Waals surface area contributed by atoms with E-state index in [1.54, 1.807) is 32.4 Å². The standard InChI is InChI=1S/C17H21NO3/c1-8(2)7-12(19)13-11(5)18(6)15-14(13)16(20)9(3)10(4)17(15)21/h8H,7H2,1-6H3. The second kappa shape index (κ2) is 5.10. The molecule has 1 aliphatic rings. The maximum Gasteiger partial charge on any atom is 0.206 e. The lowest BCUT2D eigenvalue weighted by Crippen LogP contribution is -2.22. The molecule has 1 aliphatic carbocycles. The van der Waals surface area contributed by atoms with Gasteiger partial charge >= 0.3 is 0 Å². The highest BCUT2D eigenvalue weighted by atomic mass is 16.1. The highest BCUT2D eigenvalue weighted by Gasteiger charge is 2.36. The largest absolute Gasteiger partial charge is 0.344 e. The molecule has 0 fully saturated rings. The number of rotatable bonds is 3. The van der Waals surface area contributed by atoms with Crippen molar-refractivity contribution in [3.05, 3.63) is 33.7 Å². The Morgan fingerprint density at radius 3 is 2.10 bits per heavy atom. The van der Waals surface area contributed by atoms with Gasteiger partial charge in [0.05, 0.1) is 11.1 Å². The van der Waals surface area contributed by atoms with Gasteiger partial charge in [-0.3, -0.25) is 14.4 Å². The zero-order valence-corrected chi connectivity index (χ0v) is 13.5. The fraction of sp³-hybridized carbons (Fsp3) is 0.471. The highest BCUT2D eigenvalue weighted by Crippen LogP contribution is 2.33. The number of hydrogen-bond acceptors (Lipinski definition) is 3. The van der Waals surface area contributed by atoms with Crippen LogP contribution < -0.4 is 0 Å². The van der Waals surface area contributed by atoms with Gasteiger partial charge in [0, 0.05) is 30.3 Å². The highest BCUT2D eigenvalue weighted by molar-refractivity contribution is 6.29. The molecule has 4 nitrogen and oxygen atoms in total. The van der Waals surface area contributed by atoms with Gasteiger partial charge in [0.15, 0.2) is 11.6 Å². The predicted molar refractivity (Wildman–Crippen MR) is 81.0 cm³/mol. The first-order valence-electron chi connectivity index (χ1n) is 7.17. The Bertz CT molecular complexity index is 702. The molecule has 1 aromatic rings. The molecule has 0 amide bonds. The third-order valence-electron chi connectivity index (χ3n) is 4.25. The third-order valence-corrected chi connectivity index (χ3v) is 4.25. The summed E-state index contributed by atoms with van der Waals surface area (Å²) in [6, 6.07) is 0.